The van der Waals surface area contributed by atoms with Gasteiger partial charge < -0.3 is 20.9 Å². The lowest BCUT2D eigenvalue weighted by Crippen LogP contribution is -2.47. The van der Waals surface area contributed by atoms with Gasteiger partial charge in [-0.1, -0.05) is 30.3 Å². The second-order valence-corrected chi connectivity index (χ2v) is 8.87. The zero-order valence-electron chi connectivity index (χ0n) is 17.7. The van der Waals surface area contributed by atoms with Gasteiger partial charge in [0, 0.05) is 36.1 Å². The molecule has 0 saturated carbocycles. The number of amides is 1. The molecule has 4 rings (SSSR count). The van der Waals surface area contributed by atoms with Crippen LogP contribution < -0.4 is 15.8 Å². The Kier molecular flexibility index (Phi) is 6.43. The van der Waals surface area contributed by atoms with Gasteiger partial charge in [-0.3, -0.25) is 9.69 Å². The molecule has 1 aliphatic rings. The van der Waals surface area contributed by atoms with Gasteiger partial charge in [-0.05, 0) is 41.8 Å². The van der Waals surface area contributed by atoms with Crippen molar-refractivity contribution in [1.29, 1.82) is 0 Å². The molecule has 1 atom stereocenters. The van der Waals surface area contributed by atoms with E-state index < -0.39 is 5.97 Å². The smallest absolute Gasteiger partial charge is 0.338 e. The van der Waals surface area contributed by atoms with Gasteiger partial charge in [0.25, 0.3) is 5.91 Å². The van der Waals surface area contributed by atoms with Crippen molar-refractivity contribution in [1.82, 2.24) is 10.2 Å². The normalized spacial score (nSPS) is 15.7. The third-order valence-electron chi connectivity index (χ3n) is 5.71. The molecule has 7 nitrogen and oxygen atoms in total. The van der Waals surface area contributed by atoms with E-state index in [1.807, 2.05) is 42.5 Å². The van der Waals surface area contributed by atoms with E-state index in [1.165, 1.54) is 11.3 Å². The first-order valence-corrected chi connectivity index (χ1v) is 11.1. The molecule has 0 spiro atoms. The predicted molar refractivity (Wildman–Crippen MR) is 124 cm³/mol. The number of nitrogens with one attached hydrogen (secondary N) is 1. The number of nitrogens with two attached hydrogens (primary N) is 1. The van der Waals surface area contributed by atoms with Crippen LogP contribution in [0.1, 0.15) is 36.7 Å². The van der Waals surface area contributed by atoms with Gasteiger partial charge in [0.15, 0.2) is 0 Å². The van der Waals surface area contributed by atoms with E-state index in [9.17, 15) is 14.7 Å². The van der Waals surface area contributed by atoms with Crippen LogP contribution in [0, 0.1) is 0 Å². The van der Waals surface area contributed by atoms with Crippen LogP contribution >= 0.6 is 11.3 Å². The standard InChI is InChI=1S/C24H25N3O4S/c1-31-18-9-7-15(8-10-18)13-27-14-20-19(21(24(29)30)22(25)32-20)11-17(27)12-26-23(28)16-5-3-2-4-6-16/h2-10,17H,11-14,25H2,1H3,(H,26,28)(H,29,30). The molecule has 0 aliphatic carbocycles. The average Bonchev–Trinajstić information content (AvgIpc) is 3.13. The number of fused-ring (bicyclic) bond motifs is 1. The molecule has 166 valence electrons. The molecule has 0 radical (unpaired) electrons. The Morgan fingerprint density at radius 2 is 1.91 bits per heavy atom. The molecule has 0 saturated heterocycles. The number of carboxylic acids is 1. The summed E-state index contributed by atoms with van der Waals surface area (Å²) < 4.78 is 5.24. The van der Waals surface area contributed by atoms with E-state index in [2.05, 4.69) is 10.2 Å². The monoisotopic (exact) mass is 451 g/mol. The quantitative estimate of drug-likeness (QED) is 0.509. The fraction of sp³-hybridized carbons (Fsp3) is 0.250. The van der Waals surface area contributed by atoms with Gasteiger partial charge in [0.05, 0.1) is 12.7 Å². The van der Waals surface area contributed by atoms with Gasteiger partial charge in [0.2, 0.25) is 0 Å². The highest BCUT2D eigenvalue weighted by Gasteiger charge is 2.33. The number of benzene rings is 2. The number of carbonyl (C=O) groups excluding carboxylic acids is 1. The number of aromatic carboxylic acids is 1. The number of hydrogen-bond donors (Lipinski definition) is 3. The van der Waals surface area contributed by atoms with E-state index in [4.69, 9.17) is 10.5 Å². The zero-order chi connectivity index (χ0) is 22.7. The Bertz CT molecular complexity index is 1110. The third-order valence-corrected chi connectivity index (χ3v) is 6.76. The van der Waals surface area contributed by atoms with E-state index in [-0.39, 0.29) is 17.5 Å². The van der Waals surface area contributed by atoms with Crippen LogP contribution in [0.5, 0.6) is 5.75 Å². The highest BCUT2D eigenvalue weighted by molar-refractivity contribution is 7.16. The molecular weight excluding hydrogens is 426 g/mol. The van der Waals surface area contributed by atoms with E-state index in [0.29, 0.717) is 36.6 Å². The maximum absolute atomic E-state index is 12.6. The van der Waals surface area contributed by atoms with E-state index >= 15 is 0 Å². The first-order chi connectivity index (χ1) is 15.5. The Morgan fingerprint density at radius 1 is 1.19 bits per heavy atom. The number of ether oxygens (including phenoxy) is 1. The van der Waals surface area contributed by atoms with E-state index in [1.54, 1.807) is 19.2 Å². The third kappa shape index (κ3) is 4.61. The summed E-state index contributed by atoms with van der Waals surface area (Å²) in [5, 5.41) is 13.0. The Hall–Kier alpha value is -3.36. The highest BCUT2D eigenvalue weighted by Crippen LogP contribution is 2.37. The number of thiophene rings is 1. The number of methoxy groups -OCH3 is 1. The molecule has 1 aromatic heterocycles. The maximum atomic E-state index is 12.6. The first kappa shape index (κ1) is 21.9. The average molecular weight is 452 g/mol. The zero-order valence-corrected chi connectivity index (χ0v) is 18.5. The number of carbonyl (C=O) groups is 2. The SMILES string of the molecule is COc1ccc(CN2Cc3sc(N)c(C(=O)O)c3CC2CNC(=O)c2ccccc2)cc1. The number of rotatable bonds is 7. The van der Waals surface area contributed by atoms with Crippen LogP contribution in [0.15, 0.2) is 54.6 Å². The van der Waals surface area contributed by atoms with Crippen LogP contribution in [0.25, 0.3) is 0 Å². The second-order valence-electron chi connectivity index (χ2n) is 7.74. The molecule has 8 heteroatoms. The fourth-order valence-corrected chi connectivity index (χ4v) is 5.16. The summed E-state index contributed by atoms with van der Waals surface area (Å²) in [5.74, 6) is -0.363. The molecule has 1 unspecified atom stereocenters. The molecule has 0 fully saturated rings. The van der Waals surface area contributed by atoms with Crippen LogP contribution in [0.3, 0.4) is 0 Å². The van der Waals surface area contributed by atoms with Crippen LogP contribution in [0.2, 0.25) is 0 Å². The summed E-state index contributed by atoms with van der Waals surface area (Å²) in [6, 6.07) is 16.9. The number of hydrogen-bond acceptors (Lipinski definition) is 6. The van der Waals surface area contributed by atoms with Gasteiger partial charge in [-0.25, -0.2) is 4.79 Å². The van der Waals surface area contributed by atoms with E-state index in [0.717, 1.165) is 21.8 Å². The second kappa shape index (κ2) is 9.42. The van der Waals surface area contributed by atoms with Crippen molar-refractivity contribution in [3.05, 3.63) is 81.7 Å². The lowest BCUT2D eigenvalue weighted by Gasteiger charge is -2.36. The molecule has 2 heterocycles. The van der Waals surface area contributed by atoms with Crippen molar-refractivity contribution < 1.29 is 19.4 Å². The van der Waals surface area contributed by atoms with Crippen molar-refractivity contribution in [3.63, 3.8) is 0 Å². The lowest BCUT2D eigenvalue weighted by molar-refractivity contribution is 0.0694. The molecule has 0 bridgehead atoms. The highest BCUT2D eigenvalue weighted by atomic mass is 32.1. The Balaban J connectivity index is 1.57. The maximum Gasteiger partial charge on any atom is 0.338 e. The van der Waals surface area contributed by atoms with Crippen molar-refractivity contribution in [3.8, 4) is 5.75 Å². The van der Waals surface area contributed by atoms with Crippen LogP contribution in [0.4, 0.5) is 5.00 Å². The van der Waals surface area contributed by atoms with Crippen molar-refractivity contribution >= 4 is 28.2 Å². The largest absolute Gasteiger partial charge is 0.497 e. The summed E-state index contributed by atoms with van der Waals surface area (Å²) >= 11 is 1.34. The Morgan fingerprint density at radius 3 is 2.56 bits per heavy atom. The minimum atomic E-state index is -1.00. The van der Waals surface area contributed by atoms with Crippen LogP contribution in [-0.4, -0.2) is 41.6 Å². The number of nitrogen functional groups attached to an aromatic ring is 1. The first-order valence-electron chi connectivity index (χ1n) is 10.3. The molecule has 3 aromatic rings. The molecule has 32 heavy (non-hydrogen) atoms. The summed E-state index contributed by atoms with van der Waals surface area (Å²) in [7, 11) is 1.63. The molecule has 1 amide bonds. The summed E-state index contributed by atoms with van der Waals surface area (Å²) in [6.45, 7) is 1.64. The molecule has 2 aromatic carbocycles. The van der Waals surface area contributed by atoms with Gasteiger partial charge in [0.1, 0.15) is 10.8 Å². The minimum absolute atomic E-state index is 0.0654. The lowest BCUT2D eigenvalue weighted by atomic mass is 9.95. The topological polar surface area (TPSA) is 105 Å². The number of carboxylic acid groups (broad SMARTS) is 1. The number of nitrogens with zero attached hydrogens (tertiary/aromatic N) is 1. The summed E-state index contributed by atoms with van der Waals surface area (Å²) in [6.07, 6.45) is 0.510. The van der Waals surface area contributed by atoms with Gasteiger partial charge in [-0.15, -0.1) is 11.3 Å². The van der Waals surface area contributed by atoms with Crippen molar-refractivity contribution in [2.75, 3.05) is 19.4 Å². The van der Waals surface area contributed by atoms with Crippen molar-refractivity contribution in [2.24, 2.45) is 0 Å². The minimum Gasteiger partial charge on any atom is -0.497 e. The molecular formula is C24H25N3O4S. The van der Waals surface area contributed by atoms with Crippen molar-refractivity contribution in [2.45, 2.75) is 25.6 Å². The number of anilines is 1. The summed E-state index contributed by atoms with van der Waals surface area (Å²) in [5.41, 5.74) is 8.72. The predicted octanol–water partition coefficient (Wildman–Crippen LogP) is 3.39. The Labute approximate surface area is 190 Å². The molecule has 4 N–H and O–H groups in total. The summed E-state index contributed by atoms with van der Waals surface area (Å²) in [4.78, 5) is 27.6. The van der Waals surface area contributed by atoms with Crippen LogP contribution in [-0.2, 0) is 19.5 Å². The fourth-order valence-electron chi connectivity index (χ4n) is 4.04. The molecule has 1 aliphatic heterocycles. The van der Waals surface area contributed by atoms with Gasteiger partial charge >= 0.3 is 5.97 Å². The van der Waals surface area contributed by atoms with Gasteiger partial charge in [-0.2, -0.15) is 0 Å².